The van der Waals surface area contributed by atoms with E-state index >= 15 is 0 Å². The quantitative estimate of drug-likeness (QED) is 0.184. The van der Waals surface area contributed by atoms with Crippen LogP contribution in [0.3, 0.4) is 0 Å². The number of carbonyl (C=O) groups excluding carboxylic acids is 2. The Balaban J connectivity index is 1.28. The fraction of sp³-hybridized carbons (Fsp3) is 0.892. The number of fused-ring (bicyclic) bond motifs is 5. The van der Waals surface area contributed by atoms with Crippen LogP contribution in [0.4, 0.5) is 4.79 Å². The van der Waals surface area contributed by atoms with Gasteiger partial charge in [-0.25, -0.2) is 4.79 Å². The van der Waals surface area contributed by atoms with Crippen LogP contribution in [-0.2, 0) is 14.3 Å². The van der Waals surface area contributed by atoms with Crippen molar-refractivity contribution in [1.29, 1.82) is 0 Å². The molecule has 0 aromatic heterocycles. The van der Waals surface area contributed by atoms with Crippen molar-refractivity contribution in [3.63, 3.8) is 0 Å². The molecule has 3 fully saturated rings. The molecule has 8 atom stereocenters. The number of rotatable bonds is 11. The molecular formula is C37H64N2O4. The summed E-state index contributed by atoms with van der Waals surface area (Å²) in [5.41, 5.74) is 2.24. The molecule has 4 aliphatic carbocycles. The summed E-state index contributed by atoms with van der Waals surface area (Å²) in [6.45, 7) is 21.5. The van der Waals surface area contributed by atoms with Gasteiger partial charge in [0, 0.05) is 6.54 Å². The molecule has 0 saturated heterocycles. The van der Waals surface area contributed by atoms with Gasteiger partial charge in [0.2, 0.25) is 5.91 Å². The van der Waals surface area contributed by atoms with Crippen LogP contribution in [0.1, 0.15) is 133 Å². The highest BCUT2D eigenvalue weighted by Crippen LogP contribution is 2.72. The molecule has 43 heavy (non-hydrogen) atoms. The summed E-state index contributed by atoms with van der Waals surface area (Å²) in [7, 11) is 0. The first-order chi connectivity index (χ1) is 20.1. The van der Waals surface area contributed by atoms with E-state index in [2.05, 4.69) is 58.3 Å². The number of nitrogens with one attached hydrogen (secondary N) is 2. The molecule has 246 valence electrons. The summed E-state index contributed by atoms with van der Waals surface area (Å²) in [6, 6.07) is 0. The molecule has 0 bridgehead atoms. The average Bonchev–Trinajstić information content (AvgIpc) is 3.27. The van der Waals surface area contributed by atoms with Crippen LogP contribution < -0.4 is 10.6 Å². The lowest BCUT2D eigenvalue weighted by molar-refractivity contribution is -0.121. The van der Waals surface area contributed by atoms with E-state index in [1.165, 1.54) is 57.8 Å². The second kappa shape index (κ2) is 13.4. The second-order valence-electron chi connectivity index (χ2n) is 16.9. The van der Waals surface area contributed by atoms with E-state index in [-0.39, 0.29) is 24.0 Å². The minimum Gasteiger partial charge on any atom is -0.444 e. The summed E-state index contributed by atoms with van der Waals surface area (Å²) >= 11 is 0. The predicted octanol–water partition coefficient (Wildman–Crippen LogP) is 8.44. The van der Waals surface area contributed by atoms with Crippen LogP contribution in [0.25, 0.3) is 0 Å². The van der Waals surface area contributed by atoms with Gasteiger partial charge in [-0.1, -0.05) is 72.5 Å². The van der Waals surface area contributed by atoms with Crippen molar-refractivity contribution in [2.24, 2.45) is 45.8 Å². The number of alkyl carbamates (subject to hydrolysis) is 1. The van der Waals surface area contributed by atoms with Crippen molar-refractivity contribution < 1.29 is 19.1 Å². The Hall–Kier alpha value is -1.56. The van der Waals surface area contributed by atoms with E-state index in [0.717, 1.165) is 42.4 Å². The number of amides is 2. The highest BCUT2D eigenvalue weighted by atomic mass is 16.6. The Bertz CT molecular complexity index is 1020. The summed E-state index contributed by atoms with van der Waals surface area (Å²) in [4.78, 5) is 23.9. The Morgan fingerprint density at radius 2 is 1.70 bits per heavy atom. The molecule has 2 amide bonds. The smallest absolute Gasteiger partial charge is 0.408 e. The molecule has 3 saturated carbocycles. The number of hydrogen-bond acceptors (Lipinski definition) is 4. The van der Waals surface area contributed by atoms with E-state index in [9.17, 15) is 9.59 Å². The van der Waals surface area contributed by atoms with E-state index in [4.69, 9.17) is 9.47 Å². The molecule has 0 aliphatic heterocycles. The van der Waals surface area contributed by atoms with Crippen LogP contribution in [0.15, 0.2) is 11.6 Å². The van der Waals surface area contributed by atoms with Gasteiger partial charge in [-0.2, -0.15) is 0 Å². The van der Waals surface area contributed by atoms with Gasteiger partial charge in [0.1, 0.15) is 5.60 Å². The monoisotopic (exact) mass is 600 g/mol. The van der Waals surface area contributed by atoms with Gasteiger partial charge in [0.25, 0.3) is 0 Å². The minimum absolute atomic E-state index is 0.0957. The maximum atomic E-state index is 12.1. The first-order valence-electron chi connectivity index (χ1n) is 17.6. The highest BCUT2D eigenvalue weighted by molar-refractivity contribution is 5.82. The summed E-state index contributed by atoms with van der Waals surface area (Å²) < 4.78 is 11.5. The lowest BCUT2D eigenvalue weighted by atomic mass is 9.41. The largest absolute Gasteiger partial charge is 0.444 e. The maximum Gasteiger partial charge on any atom is 0.408 e. The molecule has 0 heterocycles. The fourth-order valence-corrected chi connectivity index (χ4v) is 10.4. The van der Waals surface area contributed by atoms with Crippen molar-refractivity contribution in [1.82, 2.24) is 10.6 Å². The minimum atomic E-state index is -0.584. The number of hydrogen-bond donors (Lipinski definition) is 2. The molecule has 0 radical (unpaired) electrons. The Morgan fingerprint density at radius 3 is 2.40 bits per heavy atom. The van der Waals surface area contributed by atoms with E-state index < -0.39 is 11.7 Å². The average molecular weight is 601 g/mol. The fourth-order valence-electron chi connectivity index (χ4n) is 10.4. The topological polar surface area (TPSA) is 76.7 Å². The number of carbonyl (C=O) groups is 2. The van der Waals surface area contributed by atoms with E-state index in [1.54, 1.807) is 26.3 Å². The van der Waals surface area contributed by atoms with Crippen molar-refractivity contribution in [3.05, 3.63) is 11.6 Å². The Morgan fingerprint density at radius 1 is 0.953 bits per heavy atom. The Labute approximate surface area is 263 Å². The van der Waals surface area contributed by atoms with Gasteiger partial charge >= 0.3 is 6.09 Å². The Kier molecular flexibility index (Phi) is 10.7. The zero-order chi connectivity index (χ0) is 31.6. The van der Waals surface area contributed by atoms with Gasteiger partial charge < -0.3 is 20.1 Å². The van der Waals surface area contributed by atoms with Crippen LogP contribution in [0, 0.1) is 45.8 Å². The molecule has 2 N–H and O–H groups in total. The van der Waals surface area contributed by atoms with Crippen LogP contribution in [0.2, 0.25) is 0 Å². The van der Waals surface area contributed by atoms with Gasteiger partial charge in [0.05, 0.1) is 19.3 Å². The second-order valence-corrected chi connectivity index (χ2v) is 16.9. The third-order valence-electron chi connectivity index (χ3n) is 12.4. The van der Waals surface area contributed by atoms with Gasteiger partial charge in [-0.15, -0.1) is 0 Å². The van der Waals surface area contributed by atoms with Gasteiger partial charge in [0.15, 0.2) is 0 Å². The molecule has 6 nitrogen and oxygen atoms in total. The van der Waals surface area contributed by atoms with Crippen LogP contribution >= 0.6 is 0 Å². The first-order valence-corrected chi connectivity index (χ1v) is 17.6. The normalized spacial score (nSPS) is 36.2. The van der Waals surface area contributed by atoms with Crippen molar-refractivity contribution in [2.45, 2.75) is 145 Å². The third kappa shape index (κ3) is 7.64. The van der Waals surface area contributed by atoms with Crippen LogP contribution in [-0.4, -0.2) is 43.4 Å². The predicted molar refractivity (Wildman–Crippen MR) is 175 cm³/mol. The standard InChI is InChI=1S/C37H64N2O4/c1-25(2)11-10-12-26(3)29-13-14-30-36(29,8)20-17-31-35(7)19-16-28(23-27(35)15-18-37(30,31)9)42-22-21-38-32(40)24-39-33(41)43-34(4,5)6/h15,25-26,28-31H,10-14,16-24H2,1-9H3,(H,38,40)(H,39,41)/t26-,28+,29-,30-,31-,35+,36-,37+/m1/s1. The van der Waals surface area contributed by atoms with Gasteiger partial charge in [-0.05, 0) is 118 Å². The SMILES string of the molecule is CC(C)CCC[C@@H](C)[C@H]1CC[C@@H]2[C@]1(C)CC[C@H]1[C@@]2(C)CC=C2C[C@@H](OCCNC(=O)CNC(=O)OC(C)(C)C)CC[C@@]21C. The van der Waals surface area contributed by atoms with Crippen molar-refractivity contribution in [3.8, 4) is 0 Å². The van der Waals surface area contributed by atoms with Crippen LogP contribution in [0.5, 0.6) is 0 Å². The molecule has 0 spiro atoms. The molecule has 4 aliphatic rings. The zero-order valence-corrected chi connectivity index (χ0v) is 29.1. The lowest BCUT2D eigenvalue weighted by Crippen LogP contribution is -2.56. The zero-order valence-electron chi connectivity index (χ0n) is 29.1. The van der Waals surface area contributed by atoms with E-state index in [0.29, 0.717) is 24.0 Å². The molecule has 0 aromatic carbocycles. The maximum absolute atomic E-state index is 12.1. The molecular weight excluding hydrogens is 536 g/mol. The number of ether oxygens (including phenoxy) is 2. The molecule has 0 aromatic rings. The molecule has 4 rings (SSSR count). The van der Waals surface area contributed by atoms with Crippen molar-refractivity contribution >= 4 is 12.0 Å². The highest BCUT2D eigenvalue weighted by Gasteiger charge is 2.63. The summed E-state index contributed by atoms with van der Waals surface area (Å²) in [6.07, 6.45) is 16.6. The first kappa shape index (κ1) is 34.3. The summed E-state index contributed by atoms with van der Waals surface area (Å²) in [5.74, 6) is 3.93. The van der Waals surface area contributed by atoms with Crippen molar-refractivity contribution in [2.75, 3.05) is 19.7 Å². The molecule has 0 unspecified atom stereocenters. The third-order valence-corrected chi connectivity index (χ3v) is 12.4. The van der Waals surface area contributed by atoms with E-state index in [1.807, 2.05) is 0 Å². The number of allylic oxidation sites excluding steroid dienone is 1. The lowest BCUT2D eigenvalue weighted by Gasteiger charge is -2.63. The summed E-state index contributed by atoms with van der Waals surface area (Å²) in [5, 5.41) is 5.35. The van der Waals surface area contributed by atoms with Gasteiger partial charge in [-0.3, -0.25) is 4.79 Å². The molecule has 6 heteroatoms.